The zero-order chi connectivity index (χ0) is 17.5. The highest BCUT2D eigenvalue weighted by molar-refractivity contribution is 5.79. The molecule has 1 aromatic carbocycles. The third-order valence-electron chi connectivity index (χ3n) is 4.56. The molecule has 0 heterocycles. The zero-order valence-corrected chi connectivity index (χ0v) is 15.4. The van der Waals surface area contributed by atoms with E-state index in [0.717, 1.165) is 23.0 Å². The molecule has 0 amide bonds. The molecule has 0 radical (unpaired) electrons. The molecule has 24 heavy (non-hydrogen) atoms. The molecule has 5 heteroatoms. The van der Waals surface area contributed by atoms with Crippen LogP contribution in [0.5, 0.6) is 0 Å². The number of nitrogens with zero attached hydrogens (tertiary/aromatic N) is 2. The predicted molar refractivity (Wildman–Crippen MR) is 98.5 cm³/mol. The minimum absolute atomic E-state index is 0.147. The molecule has 1 aromatic rings. The summed E-state index contributed by atoms with van der Waals surface area (Å²) in [5, 5.41) is 6.87. The Bertz CT molecular complexity index is 556. The number of halogens is 1. The van der Waals surface area contributed by atoms with E-state index < -0.39 is 0 Å². The first kappa shape index (κ1) is 18.7. The monoisotopic (exact) mass is 334 g/mol. The van der Waals surface area contributed by atoms with Gasteiger partial charge in [0.05, 0.1) is 0 Å². The molecular formula is C19H31FN4. The Hall–Kier alpha value is -1.62. The highest BCUT2D eigenvalue weighted by Gasteiger charge is 2.19. The number of guanidine groups is 1. The maximum atomic E-state index is 13.9. The minimum Gasteiger partial charge on any atom is -0.354 e. The maximum Gasteiger partial charge on any atom is 0.191 e. The molecular weight excluding hydrogens is 303 g/mol. The molecule has 1 saturated carbocycles. The standard InChI is InChI=1S/C19H31FN4/c1-14-6-5-7-17(10-14)23-19(21-2)22-12-15-8-9-18(20)16(11-15)13-24(3)4/h8-9,11,14,17H,5-7,10,12-13H2,1-4H3,(H2,21,22,23). The van der Waals surface area contributed by atoms with Crippen molar-refractivity contribution in [1.29, 1.82) is 0 Å². The van der Waals surface area contributed by atoms with E-state index in [-0.39, 0.29) is 5.82 Å². The molecule has 134 valence electrons. The van der Waals surface area contributed by atoms with Gasteiger partial charge in [-0.25, -0.2) is 4.39 Å². The van der Waals surface area contributed by atoms with Crippen LogP contribution in [-0.2, 0) is 13.1 Å². The van der Waals surface area contributed by atoms with Gasteiger partial charge in [-0.15, -0.1) is 0 Å². The van der Waals surface area contributed by atoms with Crippen molar-refractivity contribution >= 4 is 5.96 Å². The van der Waals surface area contributed by atoms with Gasteiger partial charge in [-0.1, -0.05) is 25.8 Å². The van der Waals surface area contributed by atoms with E-state index in [1.54, 1.807) is 13.1 Å². The van der Waals surface area contributed by atoms with Crippen molar-refractivity contribution in [3.63, 3.8) is 0 Å². The van der Waals surface area contributed by atoms with E-state index in [2.05, 4.69) is 22.5 Å². The molecule has 0 spiro atoms. The van der Waals surface area contributed by atoms with Crippen molar-refractivity contribution in [1.82, 2.24) is 15.5 Å². The summed E-state index contributed by atoms with van der Waals surface area (Å²) in [5.74, 6) is 1.46. The summed E-state index contributed by atoms with van der Waals surface area (Å²) in [5.41, 5.74) is 1.79. The molecule has 0 bridgehead atoms. The SMILES string of the molecule is CN=C(NCc1ccc(F)c(CN(C)C)c1)NC1CCCC(C)C1. The summed E-state index contributed by atoms with van der Waals surface area (Å²) in [6, 6.07) is 5.81. The van der Waals surface area contributed by atoms with Crippen LogP contribution in [0.1, 0.15) is 43.7 Å². The quantitative estimate of drug-likeness (QED) is 0.642. The average Bonchev–Trinajstić information content (AvgIpc) is 2.53. The van der Waals surface area contributed by atoms with Crippen LogP contribution in [0.15, 0.2) is 23.2 Å². The summed E-state index contributed by atoms with van der Waals surface area (Å²) in [6.45, 7) is 3.56. The molecule has 2 rings (SSSR count). The number of benzene rings is 1. The lowest BCUT2D eigenvalue weighted by molar-refractivity contribution is 0.324. The van der Waals surface area contributed by atoms with Crippen molar-refractivity contribution < 1.29 is 4.39 Å². The molecule has 1 aliphatic carbocycles. The van der Waals surface area contributed by atoms with E-state index >= 15 is 0 Å². The van der Waals surface area contributed by atoms with Gasteiger partial charge in [0.2, 0.25) is 0 Å². The largest absolute Gasteiger partial charge is 0.354 e. The lowest BCUT2D eigenvalue weighted by atomic mass is 9.87. The van der Waals surface area contributed by atoms with Gasteiger partial charge in [-0.2, -0.15) is 0 Å². The van der Waals surface area contributed by atoms with Crippen LogP contribution in [0.3, 0.4) is 0 Å². The van der Waals surface area contributed by atoms with E-state index in [1.807, 2.05) is 31.1 Å². The van der Waals surface area contributed by atoms with Crippen LogP contribution in [0.2, 0.25) is 0 Å². The van der Waals surface area contributed by atoms with Gasteiger partial charge in [0.15, 0.2) is 5.96 Å². The fourth-order valence-electron chi connectivity index (χ4n) is 3.34. The molecule has 2 N–H and O–H groups in total. The van der Waals surface area contributed by atoms with Gasteiger partial charge in [-0.3, -0.25) is 4.99 Å². The number of aliphatic imine (C=N–C) groups is 1. The van der Waals surface area contributed by atoms with E-state index in [4.69, 9.17) is 0 Å². The summed E-state index contributed by atoms with van der Waals surface area (Å²) < 4.78 is 13.9. The van der Waals surface area contributed by atoms with Crippen molar-refractivity contribution in [3.8, 4) is 0 Å². The second-order valence-electron chi connectivity index (χ2n) is 7.20. The van der Waals surface area contributed by atoms with Gasteiger partial charge in [-0.05, 0) is 50.6 Å². The molecule has 0 aliphatic heterocycles. The van der Waals surface area contributed by atoms with Crippen LogP contribution in [0, 0.1) is 11.7 Å². The lowest BCUT2D eigenvalue weighted by Crippen LogP contribution is -2.44. The maximum absolute atomic E-state index is 13.9. The van der Waals surface area contributed by atoms with E-state index in [9.17, 15) is 4.39 Å². The Kier molecular flexibility index (Phi) is 7.03. The Labute approximate surface area is 145 Å². The summed E-state index contributed by atoms with van der Waals surface area (Å²) >= 11 is 0. The smallest absolute Gasteiger partial charge is 0.191 e. The molecule has 2 atom stereocenters. The van der Waals surface area contributed by atoms with Gasteiger partial charge in [0.1, 0.15) is 5.82 Å². The molecule has 2 unspecified atom stereocenters. The second-order valence-corrected chi connectivity index (χ2v) is 7.20. The number of rotatable bonds is 5. The highest BCUT2D eigenvalue weighted by Crippen LogP contribution is 2.23. The first-order valence-corrected chi connectivity index (χ1v) is 8.87. The van der Waals surface area contributed by atoms with Crippen molar-refractivity contribution in [2.45, 2.75) is 51.7 Å². The highest BCUT2D eigenvalue weighted by atomic mass is 19.1. The van der Waals surface area contributed by atoms with E-state index in [1.165, 1.54) is 25.7 Å². The average molecular weight is 334 g/mol. The van der Waals surface area contributed by atoms with Gasteiger partial charge in [0.25, 0.3) is 0 Å². The first-order chi connectivity index (χ1) is 11.5. The van der Waals surface area contributed by atoms with Crippen LogP contribution in [-0.4, -0.2) is 38.0 Å². The summed E-state index contributed by atoms with van der Waals surface area (Å²) in [7, 11) is 5.69. The van der Waals surface area contributed by atoms with Gasteiger partial charge in [0, 0.05) is 31.7 Å². The van der Waals surface area contributed by atoms with Crippen molar-refractivity contribution in [2.75, 3.05) is 21.1 Å². The third-order valence-corrected chi connectivity index (χ3v) is 4.56. The Morgan fingerprint density at radius 1 is 1.33 bits per heavy atom. The summed E-state index contributed by atoms with van der Waals surface area (Å²) in [6.07, 6.45) is 5.01. The fourth-order valence-corrected chi connectivity index (χ4v) is 3.34. The molecule has 0 saturated heterocycles. The Morgan fingerprint density at radius 3 is 2.79 bits per heavy atom. The topological polar surface area (TPSA) is 39.7 Å². The minimum atomic E-state index is -0.147. The lowest BCUT2D eigenvalue weighted by Gasteiger charge is -2.28. The van der Waals surface area contributed by atoms with E-state index in [0.29, 0.717) is 19.1 Å². The Balaban J connectivity index is 1.91. The number of hydrogen-bond acceptors (Lipinski definition) is 2. The van der Waals surface area contributed by atoms with Crippen molar-refractivity contribution in [2.24, 2.45) is 10.9 Å². The second kappa shape index (κ2) is 9.02. The zero-order valence-electron chi connectivity index (χ0n) is 15.4. The van der Waals surface area contributed by atoms with Crippen LogP contribution in [0.4, 0.5) is 4.39 Å². The van der Waals surface area contributed by atoms with Gasteiger partial charge < -0.3 is 15.5 Å². The molecule has 0 aromatic heterocycles. The fraction of sp³-hybridized carbons (Fsp3) is 0.632. The molecule has 1 fully saturated rings. The number of hydrogen-bond donors (Lipinski definition) is 2. The molecule has 4 nitrogen and oxygen atoms in total. The first-order valence-electron chi connectivity index (χ1n) is 8.87. The van der Waals surface area contributed by atoms with Crippen LogP contribution >= 0.6 is 0 Å². The van der Waals surface area contributed by atoms with Crippen molar-refractivity contribution in [3.05, 3.63) is 35.1 Å². The molecule has 1 aliphatic rings. The van der Waals surface area contributed by atoms with Crippen LogP contribution < -0.4 is 10.6 Å². The third kappa shape index (κ3) is 5.78. The Morgan fingerprint density at radius 2 is 2.12 bits per heavy atom. The normalized spacial score (nSPS) is 21.8. The summed E-state index contributed by atoms with van der Waals surface area (Å²) in [4.78, 5) is 6.30. The van der Waals surface area contributed by atoms with Crippen LogP contribution in [0.25, 0.3) is 0 Å². The predicted octanol–water partition coefficient (Wildman–Crippen LogP) is 3.13. The number of nitrogens with one attached hydrogen (secondary N) is 2. The van der Waals surface area contributed by atoms with Gasteiger partial charge >= 0.3 is 0 Å².